The quantitative estimate of drug-likeness (QED) is 0.534. The van der Waals surface area contributed by atoms with Crippen molar-refractivity contribution in [3.05, 3.63) is 11.4 Å². The van der Waals surface area contributed by atoms with Crippen molar-refractivity contribution in [1.29, 1.82) is 0 Å². The number of piperazine rings is 1. The van der Waals surface area contributed by atoms with E-state index in [1.807, 2.05) is 0 Å². The second kappa shape index (κ2) is 4.37. The first-order valence-corrected chi connectivity index (χ1v) is 4.76. The van der Waals surface area contributed by atoms with Gasteiger partial charge in [0.15, 0.2) is 5.69 Å². The average Bonchev–Trinajstić information content (AvgIpc) is 2.78. The minimum Gasteiger partial charge on any atom is -0.464 e. The zero-order valence-corrected chi connectivity index (χ0v) is 8.41. The van der Waals surface area contributed by atoms with Gasteiger partial charge in [-0.15, -0.1) is 5.10 Å². The Labute approximate surface area is 86.6 Å². The first-order valence-electron chi connectivity index (χ1n) is 4.76. The van der Waals surface area contributed by atoms with Crippen molar-refractivity contribution in [2.24, 2.45) is 0 Å². The number of esters is 1. The van der Waals surface area contributed by atoms with Crippen molar-refractivity contribution in [2.75, 3.05) is 26.7 Å². The van der Waals surface area contributed by atoms with E-state index < -0.39 is 5.97 Å². The number of methoxy groups -OCH3 is 1. The first kappa shape index (κ1) is 10.1. The normalized spacial score (nSPS) is 21.3. The molecule has 1 aliphatic heterocycles. The molecule has 1 fully saturated rings. The molecule has 82 valence electrons. The molecule has 1 unspecified atom stereocenters. The lowest BCUT2D eigenvalue weighted by Crippen LogP contribution is -2.43. The van der Waals surface area contributed by atoms with Gasteiger partial charge < -0.3 is 15.4 Å². The molecule has 1 saturated heterocycles. The molecule has 3 N–H and O–H groups in total. The van der Waals surface area contributed by atoms with E-state index in [0.717, 1.165) is 19.6 Å². The molecule has 0 bridgehead atoms. The number of nitrogens with zero attached hydrogens (tertiary/aromatic N) is 2. The summed E-state index contributed by atoms with van der Waals surface area (Å²) in [6.45, 7) is 2.50. The zero-order chi connectivity index (χ0) is 10.7. The molecule has 0 saturated carbocycles. The molecule has 1 atom stereocenters. The smallest absolute Gasteiger partial charge is 0.360 e. The van der Waals surface area contributed by atoms with E-state index in [9.17, 15) is 4.79 Å². The minimum atomic E-state index is -0.467. The summed E-state index contributed by atoms with van der Waals surface area (Å²) < 4.78 is 4.62. The van der Waals surface area contributed by atoms with Crippen LogP contribution in [0.25, 0.3) is 0 Å². The van der Waals surface area contributed by atoms with Crippen LogP contribution in [0.15, 0.2) is 0 Å². The molecule has 0 aromatic carbocycles. The Morgan fingerprint density at radius 1 is 1.47 bits per heavy atom. The number of carbonyl (C=O) groups excluding carboxylic acids is 1. The van der Waals surface area contributed by atoms with Gasteiger partial charge in [-0.25, -0.2) is 4.79 Å². The van der Waals surface area contributed by atoms with Crippen LogP contribution < -0.4 is 10.6 Å². The number of ether oxygens (including phenoxy) is 1. The van der Waals surface area contributed by atoms with E-state index in [1.165, 1.54) is 7.11 Å². The van der Waals surface area contributed by atoms with Crippen molar-refractivity contribution in [2.45, 2.75) is 6.04 Å². The maximum atomic E-state index is 11.3. The van der Waals surface area contributed by atoms with Crippen molar-refractivity contribution in [3.8, 4) is 0 Å². The highest BCUT2D eigenvalue weighted by atomic mass is 16.5. The molecule has 15 heavy (non-hydrogen) atoms. The fourth-order valence-electron chi connectivity index (χ4n) is 1.58. The van der Waals surface area contributed by atoms with E-state index in [4.69, 9.17) is 0 Å². The van der Waals surface area contributed by atoms with Gasteiger partial charge in [0, 0.05) is 19.6 Å². The Kier molecular flexibility index (Phi) is 2.93. The summed E-state index contributed by atoms with van der Waals surface area (Å²) in [4.78, 5) is 11.3. The second-order valence-corrected chi connectivity index (χ2v) is 3.26. The molecule has 0 spiro atoms. The fourth-order valence-corrected chi connectivity index (χ4v) is 1.58. The van der Waals surface area contributed by atoms with Crippen LogP contribution in [0.3, 0.4) is 0 Å². The van der Waals surface area contributed by atoms with E-state index >= 15 is 0 Å². The molecule has 2 rings (SSSR count). The van der Waals surface area contributed by atoms with Crippen LogP contribution in [0.4, 0.5) is 0 Å². The SMILES string of the molecule is COC(=O)c1n[nH]nc1C1CNCCN1. The largest absolute Gasteiger partial charge is 0.464 e. The van der Waals surface area contributed by atoms with Crippen molar-refractivity contribution >= 4 is 5.97 Å². The number of nitrogens with one attached hydrogen (secondary N) is 3. The summed E-state index contributed by atoms with van der Waals surface area (Å²) in [5, 5.41) is 16.7. The Morgan fingerprint density at radius 3 is 3.00 bits per heavy atom. The lowest BCUT2D eigenvalue weighted by atomic mass is 10.1. The molecule has 0 radical (unpaired) electrons. The topological polar surface area (TPSA) is 91.9 Å². The number of carbonyl (C=O) groups is 1. The summed E-state index contributed by atoms with van der Waals surface area (Å²) in [5.74, 6) is -0.467. The number of aromatic nitrogens is 3. The third-order valence-corrected chi connectivity index (χ3v) is 2.32. The van der Waals surface area contributed by atoms with E-state index in [1.54, 1.807) is 0 Å². The van der Waals surface area contributed by atoms with Crippen LogP contribution >= 0.6 is 0 Å². The lowest BCUT2D eigenvalue weighted by molar-refractivity contribution is 0.0591. The molecule has 7 heteroatoms. The minimum absolute atomic E-state index is 0.00611. The van der Waals surface area contributed by atoms with Crippen LogP contribution in [0.5, 0.6) is 0 Å². The predicted octanol–water partition coefficient (Wildman–Crippen LogP) is -1.17. The maximum Gasteiger partial charge on any atom is 0.360 e. The number of aromatic amines is 1. The third kappa shape index (κ3) is 1.97. The second-order valence-electron chi connectivity index (χ2n) is 3.26. The lowest BCUT2D eigenvalue weighted by Gasteiger charge is -2.22. The van der Waals surface area contributed by atoms with Crippen molar-refractivity contribution in [3.63, 3.8) is 0 Å². The van der Waals surface area contributed by atoms with Crippen LogP contribution in [0, 0.1) is 0 Å². The number of hydrogen-bond acceptors (Lipinski definition) is 6. The van der Waals surface area contributed by atoms with Gasteiger partial charge in [0.25, 0.3) is 0 Å². The number of hydrogen-bond donors (Lipinski definition) is 3. The van der Waals surface area contributed by atoms with Gasteiger partial charge in [0.2, 0.25) is 0 Å². The van der Waals surface area contributed by atoms with Gasteiger partial charge in [0.05, 0.1) is 13.2 Å². The Hall–Kier alpha value is -1.47. The van der Waals surface area contributed by atoms with Crippen molar-refractivity contribution in [1.82, 2.24) is 26.0 Å². The number of rotatable bonds is 2. The highest BCUT2D eigenvalue weighted by Gasteiger charge is 2.25. The van der Waals surface area contributed by atoms with Crippen molar-refractivity contribution < 1.29 is 9.53 Å². The van der Waals surface area contributed by atoms with Gasteiger partial charge in [-0.05, 0) is 0 Å². The molecular weight excluding hydrogens is 198 g/mol. The van der Waals surface area contributed by atoms with E-state index in [2.05, 4.69) is 30.8 Å². The first-order chi connectivity index (χ1) is 7.33. The van der Waals surface area contributed by atoms with Gasteiger partial charge in [0.1, 0.15) is 5.69 Å². The molecular formula is C8H13N5O2. The standard InChI is InChI=1S/C8H13N5O2/c1-15-8(14)7-6(11-13-12-7)5-4-9-2-3-10-5/h5,9-10H,2-4H2,1H3,(H,11,12,13). The number of H-pyrrole nitrogens is 1. The van der Waals surface area contributed by atoms with Crippen LogP contribution in [0.2, 0.25) is 0 Å². The summed E-state index contributed by atoms with van der Waals surface area (Å²) in [5.41, 5.74) is 0.854. The van der Waals surface area contributed by atoms with Gasteiger partial charge in [-0.2, -0.15) is 10.3 Å². The van der Waals surface area contributed by atoms with E-state index in [0.29, 0.717) is 5.69 Å². The van der Waals surface area contributed by atoms with Crippen LogP contribution in [0.1, 0.15) is 22.2 Å². The fraction of sp³-hybridized carbons (Fsp3) is 0.625. The van der Waals surface area contributed by atoms with Gasteiger partial charge >= 0.3 is 5.97 Å². The monoisotopic (exact) mass is 211 g/mol. The molecule has 2 heterocycles. The average molecular weight is 211 g/mol. The Bertz CT molecular complexity index is 345. The van der Waals surface area contributed by atoms with Gasteiger partial charge in [-0.1, -0.05) is 0 Å². The van der Waals surface area contributed by atoms with Gasteiger partial charge in [-0.3, -0.25) is 0 Å². The summed E-state index contributed by atoms with van der Waals surface area (Å²) in [7, 11) is 1.33. The highest BCUT2D eigenvalue weighted by molar-refractivity contribution is 5.88. The summed E-state index contributed by atoms with van der Waals surface area (Å²) in [6.07, 6.45) is 0. The zero-order valence-electron chi connectivity index (χ0n) is 8.41. The Balaban J connectivity index is 2.19. The van der Waals surface area contributed by atoms with Crippen LogP contribution in [-0.4, -0.2) is 48.1 Å². The predicted molar refractivity (Wildman–Crippen MR) is 51.3 cm³/mol. The summed E-state index contributed by atoms with van der Waals surface area (Å²) in [6, 6.07) is 0.00611. The van der Waals surface area contributed by atoms with Crippen LogP contribution in [-0.2, 0) is 4.74 Å². The molecule has 1 aliphatic rings. The third-order valence-electron chi connectivity index (χ3n) is 2.32. The maximum absolute atomic E-state index is 11.3. The molecule has 1 aromatic heterocycles. The molecule has 0 amide bonds. The summed E-state index contributed by atoms with van der Waals surface area (Å²) >= 11 is 0. The molecule has 7 nitrogen and oxygen atoms in total. The molecule has 0 aliphatic carbocycles. The highest BCUT2D eigenvalue weighted by Crippen LogP contribution is 2.14. The molecule has 1 aromatic rings. The van der Waals surface area contributed by atoms with E-state index in [-0.39, 0.29) is 11.7 Å². The Morgan fingerprint density at radius 2 is 2.33 bits per heavy atom.